The maximum atomic E-state index is 12.0. The summed E-state index contributed by atoms with van der Waals surface area (Å²) in [5.41, 5.74) is 5.48. The maximum absolute atomic E-state index is 12.0. The summed E-state index contributed by atoms with van der Waals surface area (Å²) in [5, 5.41) is 1.63. The van der Waals surface area contributed by atoms with E-state index in [-0.39, 0.29) is 0 Å². The summed E-state index contributed by atoms with van der Waals surface area (Å²) in [6.45, 7) is 5.72. The van der Waals surface area contributed by atoms with E-state index in [9.17, 15) is 8.42 Å². The van der Waals surface area contributed by atoms with Crippen LogP contribution in [0.1, 0.15) is 25.1 Å². The molecule has 0 bridgehead atoms. The highest BCUT2D eigenvalue weighted by Crippen LogP contribution is 2.18. The quantitative estimate of drug-likeness (QED) is 0.757. The predicted octanol–water partition coefficient (Wildman–Crippen LogP) is 1.22. The van der Waals surface area contributed by atoms with Gasteiger partial charge in [0.15, 0.2) is 0 Å². The van der Waals surface area contributed by atoms with Crippen LogP contribution in [0.25, 0.3) is 0 Å². The van der Waals surface area contributed by atoms with Crippen molar-refractivity contribution in [3.63, 3.8) is 0 Å². The monoisotopic (exact) mass is 305 g/mol. The molecule has 0 saturated carbocycles. The van der Waals surface area contributed by atoms with Gasteiger partial charge >= 0.3 is 0 Å². The zero-order valence-corrected chi connectivity index (χ0v) is 13.4. The Hall–Kier alpha value is -0.470. The summed E-state index contributed by atoms with van der Waals surface area (Å²) in [5.74, 6) is 0. The zero-order chi connectivity index (χ0) is 14.5. The van der Waals surface area contributed by atoms with Crippen molar-refractivity contribution in [2.45, 2.75) is 37.8 Å². The third-order valence-corrected chi connectivity index (χ3v) is 5.79. The highest BCUT2D eigenvalue weighted by molar-refractivity contribution is 7.89. The smallest absolute Gasteiger partial charge is 0.241 e. The van der Waals surface area contributed by atoms with Crippen LogP contribution in [0, 0.1) is 0 Å². The Labute approximate surface area is 119 Å². The number of hydrogen-bond donors (Lipinski definition) is 2. The van der Waals surface area contributed by atoms with Crippen LogP contribution in [0.3, 0.4) is 0 Å². The molecule has 0 aliphatic heterocycles. The molecule has 1 atom stereocenters. The number of nitrogens with two attached hydrogens (primary N) is 1. The van der Waals surface area contributed by atoms with Gasteiger partial charge in [-0.05, 0) is 26.5 Å². The van der Waals surface area contributed by atoms with Crippen molar-refractivity contribution in [1.82, 2.24) is 9.62 Å². The first kappa shape index (κ1) is 16.6. The van der Waals surface area contributed by atoms with Crippen molar-refractivity contribution in [2.75, 3.05) is 20.1 Å². The Morgan fingerprint density at radius 2 is 2.21 bits per heavy atom. The minimum absolute atomic E-state index is 0.309. The number of nitrogens with one attached hydrogen (secondary N) is 1. The molecule has 0 aliphatic carbocycles. The fourth-order valence-corrected chi connectivity index (χ4v) is 3.76. The fourth-order valence-electron chi connectivity index (χ4n) is 1.58. The minimum Gasteiger partial charge on any atom is -0.326 e. The van der Waals surface area contributed by atoms with Gasteiger partial charge in [-0.2, -0.15) is 0 Å². The van der Waals surface area contributed by atoms with Gasteiger partial charge in [0.1, 0.15) is 0 Å². The molecule has 5 nitrogen and oxygen atoms in total. The Bertz CT molecular complexity index is 485. The van der Waals surface area contributed by atoms with Gasteiger partial charge < -0.3 is 10.6 Å². The molecule has 1 heterocycles. The number of hydrogen-bond acceptors (Lipinski definition) is 5. The lowest BCUT2D eigenvalue weighted by Gasteiger charge is -2.23. The summed E-state index contributed by atoms with van der Waals surface area (Å²) in [6.07, 6.45) is 1.05. The van der Waals surface area contributed by atoms with E-state index >= 15 is 0 Å². The number of sulfonamides is 1. The third kappa shape index (κ3) is 4.85. The number of likely N-dealkylation sites (N-methyl/N-ethyl adjacent to an activating group) is 1. The topological polar surface area (TPSA) is 75.4 Å². The lowest BCUT2D eigenvalue weighted by molar-refractivity contribution is 0.256. The molecule has 7 heteroatoms. The van der Waals surface area contributed by atoms with Gasteiger partial charge in [-0.25, -0.2) is 13.1 Å². The van der Waals surface area contributed by atoms with E-state index < -0.39 is 10.0 Å². The lowest BCUT2D eigenvalue weighted by Crippen LogP contribution is -2.36. The fraction of sp³-hybridized carbons (Fsp3) is 0.667. The summed E-state index contributed by atoms with van der Waals surface area (Å²) in [4.78, 5) is 3.32. The molecule has 1 aromatic rings. The van der Waals surface area contributed by atoms with Crippen molar-refractivity contribution in [3.05, 3.63) is 16.3 Å². The molecule has 1 rings (SSSR count). The van der Waals surface area contributed by atoms with Gasteiger partial charge in [-0.3, -0.25) is 0 Å². The molecule has 0 saturated heterocycles. The highest BCUT2D eigenvalue weighted by atomic mass is 32.2. The van der Waals surface area contributed by atoms with Crippen molar-refractivity contribution < 1.29 is 8.42 Å². The average Bonchev–Trinajstić information content (AvgIpc) is 2.86. The first-order chi connectivity index (χ1) is 8.90. The summed E-state index contributed by atoms with van der Waals surface area (Å²) >= 11 is 1.37. The van der Waals surface area contributed by atoms with E-state index in [1.165, 1.54) is 11.3 Å². The van der Waals surface area contributed by atoms with Crippen molar-refractivity contribution >= 4 is 21.4 Å². The second kappa shape index (κ2) is 7.35. The molecular weight excluding hydrogens is 282 g/mol. The second-order valence-corrected chi connectivity index (χ2v) is 7.35. The number of thiophene rings is 1. The van der Waals surface area contributed by atoms with E-state index in [2.05, 4.69) is 23.5 Å². The van der Waals surface area contributed by atoms with Crippen LogP contribution in [0.4, 0.5) is 0 Å². The van der Waals surface area contributed by atoms with Crippen LogP contribution in [-0.2, 0) is 16.6 Å². The molecule has 0 spiro atoms. The largest absolute Gasteiger partial charge is 0.326 e. The molecule has 3 N–H and O–H groups in total. The number of nitrogens with zero attached hydrogens (tertiary/aromatic N) is 1. The van der Waals surface area contributed by atoms with Gasteiger partial charge in [0, 0.05) is 35.9 Å². The molecular formula is C12H23N3O2S2. The third-order valence-electron chi connectivity index (χ3n) is 3.24. The van der Waals surface area contributed by atoms with Crippen LogP contribution in [0.2, 0.25) is 0 Å². The van der Waals surface area contributed by atoms with Crippen LogP contribution in [-0.4, -0.2) is 39.5 Å². The van der Waals surface area contributed by atoms with E-state index in [0.717, 1.165) is 11.3 Å². The predicted molar refractivity (Wildman–Crippen MR) is 79.8 cm³/mol. The molecule has 0 aromatic carbocycles. The van der Waals surface area contributed by atoms with E-state index in [4.69, 9.17) is 5.73 Å². The first-order valence-electron chi connectivity index (χ1n) is 6.38. The number of rotatable bonds is 8. The average molecular weight is 305 g/mol. The standard InChI is InChI=1S/C12H23N3O2S2/c1-4-10(2)15(3)6-5-14-19(16,17)12-7-11(8-13)18-9-12/h7,9-10,14H,4-6,8,13H2,1-3H3. The van der Waals surface area contributed by atoms with E-state index in [1.54, 1.807) is 11.4 Å². The van der Waals surface area contributed by atoms with Crippen molar-refractivity contribution in [3.8, 4) is 0 Å². The highest BCUT2D eigenvalue weighted by Gasteiger charge is 2.16. The molecule has 1 unspecified atom stereocenters. The Kier molecular flexibility index (Phi) is 6.41. The second-order valence-electron chi connectivity index (χ2n) is 4.59. The van der Waals surface area contributed by atoms with Crippen molar-refractivity contribution in [2.24, 2.45) is 5.73 Å². The Morgan fingerprint density at radius 1 is 1.53 bits per heavy atom. The van der Waals surface area contributed by atoms with Crippen LogP contribution in [0.5, 0.6) is 0 Å². The van der Waals surface area contributed by atoms with Crippen LogP contribution < -0.4 is 10.5 Å². The molecule has 0 aliphatic rings. The maximum Gasteiger partial charge on any atom is 0.241 e. The molecule has 0 radical (unpaired) electrons. The van der Waals surface area contributed by atoms with Gasteiger partial charge in [0.05, 0.1) is 4.90 Å². The first-order valence-corrected chi connectivity index (χ1v) is 8.74. The van der Waals surface area contributed by atoms with Crippen molar-refractivity contribution in [1.29, 1.82) is 0 Å². The summed E-state index contributed by atoms with van der Waals surface area (Å²) in [6, 6.07) is 2.08. The summed E-state index contributed by atoms with van der Waals surface area (Å²) < 4.78 is 26.7. The molecule has 110 valence electrons. The molecule has 0 fully saturated rings. The Balaban J connectivity index is 2.52. The summed E-state index contributed by atoms with van der Waals surface area (Å²) in [7, 11) is -1.40. The van der Waals surface area contributed by atoms with Crippen LogP contribution >= 0.6 is 11.3 Å². The van der Waals surface area contributed by atoms with Gasteiger partial charge in [0.2, 0.25) is 10.0 Å². The normalized spacial score (nSPS) is 13.9. The molecule has 1 aromatic heterocycles. The zero-order valence-electron chi connectivity index (χ0n) is 11.7. The SMILES string of the molecule is CCC(C)N(C)CCNS(=O)(=O)c1csc(CN)c1. The van der Waals surface area contributed by atoms with Crippen LogP contribution in [0.15, 0.2) is 16.3 Å². The van der Waals surface area contributed by atoms with E-state index in [0.29, 0.717) is 30.6 Å². The minimum atomic E-state index is -3.40. The van der Waals surface area contributed by atoms with Gasteiger partial charge in [-0.1, -0.05) is 6.92 Å². The Morgan fingerprint density at radius 3 is 2.74 bits per heavy atom. The van der Waals surface area contributed by atoms with E-state index in [1.807, 2.05) is 7.05 Å². The molecule has 0 amide bonds. The van der Waals surface area contributed by atoms with Gasteiger partial charge in [-0.15, -0.1) is 11.3 Å². The molecule has 19 heavy (non-hydrogen) atoms. The van der Waals surface area contributed by atoms with Gasteiger partial charge in [0.25, 0.3) is 0 Å². The lowest BCUT2D eigenvalue weighted by atomic mass is 10.2.